The van der Waals surface area contributed by atoms with E-state index in [-0.39, 0.29) is 5.91 Å². The highest BCUT2D eigenvalue weighted by Gasteiger charge is 2.28. The predicted molar refractivity (Wildman–Crippen MR) is 79.4 cm³/mol. The standard InChI is InChI=1S/C11H16N2O3S3/c1-8-10(12-9(2)14)7-11(18-8)19(15,16)13-3-5-17-6-4-13/h7H,3-6H2,1-2H3,(H,12,14). The van der Waals surface area contributed by atoms with Crippen molar-refractivity contribution in [2.24, 2.45) is 0 Å². The molecule has 1 aliphatic heterocycles. The second-order valence-corrected chi connectivity index (χ2v) is 8.88. The average Bonchev–Trinajstić information content (AvgIpc) is 2.72. The number of nitrogens with zero attached hydrogens (tertiary/aromatic N) is 1. The SMILES string of the molecule is CC(=O)Nc1cc(S(=O)(=O)N2CCSCC2)sc1C. The molecule has 0 aliphatic carbocycles. The third-order valence-electron chi connectivity index (χ3n) is 2.77. The Labute approximate surface area is 121 Å². The molecule has 1 saturated heterocycles. The third kappa shape index (κ3) is 3.31. The molecule has 1 N–H and O–H groups in total. The van der Waals surface area contributed by atoms with Crippen LogP contribution in [-0.2, 0) is 14.8 Å². The van der Waals surface area contributed by atoms with Crippen molar-refractivity contribution in [1.29, 1.82) is 0 Å². The smallest absolute Gasteiger partial charge is 0.252 e. The molecule has 1 fully saturated rings. The summed E-state index contributed by atoms with van der Waals surface area (Å²) in [7, 11) is -3.41. The maximum absolute atomic E-state index is 12.5. The summed E-state index contributed by atoms with van der Waals surface area (Å²) in [5, 5.41) is 2.65. The van der Waals surface area contributed by atoms with Crippen molar-refractivity contribution >= 4 is 44.7 Å². The summed E-state index contributed by atoms with van der Waals surface area (Å²) in [6.07, 6.45) is 0. The Morgan fingerprint density at radius 2 is 2.00 bits per heavy atom. The first-order chi connectivity index (χ1) is 8.91. The molecule has 1 aliphatic rings. The molecule has 8 heteroatoms. The van der Waals surface area contributed by atoms with Crippen molar-refractivity contribution in [3.05, 3.63) is 10.9 Å². The summed E-state index contributed by atoms with van der Waals surface area (Å²) in [4.78, 5) is 11.9. The fraction of sp³-hybridized carbons (Fsp3) is 0.545. The van der Waals surface area contributed by atoms with Gasteiger partial charge >= 0.3 is 0 Å². The Bertz CT molecular complexity index is 574. The van der Waals surface area contributed by atoms with Gasteiger partial charge in [0.1, 0.15) is 4.21 Å². The molecular formula is C11H16N2O3S3. The zero-order valence-corrected chi connectivity index (χ0v) is 13.3. The molecule has 0 saturated carbocycles. The van der Waals surface area contributed by atoms with Crippen molar-refractivity contribution in [2.75, 3.05) is 29.9 Å². The van der Waals surface area contributed by atoms with E-state index in [0.29, 0.717) is 23.0 Å². The third-order valence-corrected chi connectivity index (χ3v) is 7.11. The van der Waals surface area contributed by atoms with Crippen LogP contribution in [0.15, 0.2) is 10.3 Å². The lowest BCUT2D eigenvalue weighted by atomic mass is 10.4. The molecule has 0 aromatic carbocycles. The van der Waals surface area contributed by atoms with Gasteiger partial charge in [0.25, 0.3) is 10.0 Å². The van der Waals surface area contributed by atoms with Gasteiger partial charge in [-0.1, -0.05) is 0 Å². The van der Waals surface area contributed by atoms with Crippen LogP contribution in [0.4, 0.5) is 5.69 Å². The van der Waals surface area contributed by atoms with E-state index < -0.39 is 10.0 Å². The Balaban J connectivity index is 2.27. The van der Waals surface area contributed by atoms with Gasteiger partial charge in [-0.15, -0.1) is 11.3 Å². The Kier molecular flexibility index (Phi) is 4.54. The van der Waals surface area contributed by atoms with Crippen molar-refractivity contribution in [3.63, 3.8) is 0 Å². The van der Waals surface area contributed by atoms with Gasteiger partial charge in [-0.05, 0) is 13.0 Å². The van der Waals surface area contributed by atoms with E-state index in [9.17, 15) is 13.2 Å². The predicted octanol–water partition coefficient (Wildman–Crippen LogP) is 1.75. The van der Waals surface area contributed by atoms with Gasteiger partial charge in [0.15, 0.2) is 0 Å². The van der Waals surface area contributed by atoms with Gasteiger partial charge in [0.2, 0.25) is 5.91 Å². The number of hydrogen-bond donors (Lipinski definition) is 1. The second-order valence-electron chi connectivity index (χ2n) is 4.23. The molecule has 0 unspecified atom stereocenters. The van der Waals surface area contributed by atoms with E-state index >= 15 is 0 Å². The van der Waals surface area contributed by atoms with Crippen LogP contribution in [0, 0.1) is 6.92 Å². The number of rotatable bonds is 3. The van der Waals surface area contributed by atoms with Gasteiger partial charge in [0.05, 0.1) is 5.69 Å². The number of sulfonamides is 1. The van der Waals surface area contributed by atoms with Crippen molar-refractivity contribution < 1.29 is 13.2 Å². The van der Waals surface area contributed by atoms with Gasteiger partial charge < -0.3 is 5.32 Å². The molecule has 0 radical (unpaired) electrons. The average molecular weight is 320 g/mol. The van der Waals surface area contributed by atoms with Crippen LogP contribution in [0.5, 0.6) is 0 Å². The first-order valence-corrected chi connectivity index (χ1v) is 9.28. The number of thiophene rings is 1. The normalized spacial score (nSPS) is 17.4. The summed E-state index contributed by atoms with van der Waals surface area (Å²) in [5.41, 5.74) is 0.586. The van der Waals surface area contributed by atoms with Crippen molar-refractivity contribution in [2.45, 2.75) is 18.1 Å². The highest BCUT2D eigenvalue weighted by Crippen LogP contribution is 2.32. The molecule has 1 aromatic rings. The first kappa shape index (κ1) is 14.8. The molecule has 2 rings (SSSR count). The number of amides is 1. The lowest BCUT2D eigenvalue weighted by Gasteiger charge is -2.24. The van der Waals surface area contributed by atoms with Crippen LogP contribution in [0.1, 0.15) is 11.8 Å². The molecule has 1 aromatic heterocycles. The highest BCUT2D eigenvalue weighted by molar-refractivity contribution is 7.99. The fourth-order valence-electron chi connectivity index (χ4n) is 1.81. The molecule has 5 nitrogen and oxygen atoms in total. The van der Waals surface area contributed by atoms with Crippen molar-refractivity contribution in [3.8, 4) is 0 Å². The van der Waals surface area contributed by atoms with Crippen LogP contribution in [0.3, 0.4) is 0 Å². The number of carbonyl (C=O) groups is 1. The van der Waals surface area contributed by atoms with E-state index in [1.165, 1.54) is 22.6 Å². The molecule has 0 atom stereocenters. The van der Waals surface area contributed by atoms with E-state index in [2.05, 4.69) is 5.32 Å². The van der Waals surface area contributed by atoms with E-state index in [1.54, 1.807) is 24.8 Å². The summed E-state index contributed by atoms with van der Waals surface area (Å²) in [5.74, 6) is 1.48. The molecular weight excluding hydrogens is 304 g/mol. The van der Waals surface area contributed by atoms with Crippen LogP contribution < -0.4 is 5.32 Å². The minimum absolute atomic E-state index is 0.195. The molecule has 19 heavy (non-hydrogen) atoms. The Morgan fingerprint density at radius 1 is 1.37 bits per heavy atom. The topological polar surface area (TPSA) is 66.5 Å². The van der Waals surface area contributed by atoms with Crippen LogP contribution >= 0.6 is 23.1 Å². The molecule has 0 spiro atoms. The van der Waals surface area contributed by atoms with Crippen LogP contribution in [0.2, 0.25) is 0 Å². The number of aryl methyl sites for hydroxylation is 1. The van der Waals surface area contributed by atoms with Gasteiger partial charge in [-0.2, -0.15) is 16.1 Å². The Morgan fingerprint density at radius 3 is 2.58 bits per heavy atom. The van der Waals surface area contributed by atoms with Crippen molar-refractivity contribution in [1.82, 2.24) is 4.31 Å². The Hall–Kier alpha value is -0.570. The monoisotopic (exact) mass is 320 g/mol. The number of thioether (sulfide) groups is 1. The zero-order chi connectivity index (χ0) is 14.0. The minimum atomic E-state index is -3.41. The lowest BCUT2D eigenvalue weighted by molar-refractivity contribution is -0.114. The van der Waals surface area contributed by atoms with Crippen LogP contribution in [0.25, 0.3) is 0 Å². The van der Waals surface area contributed by atoms with Gasteiger partial charge in [-0.25, -0.2) is 8.42 Å². The molecule has 0 bridgehead atoms. The van der Waals surface area contributed by atoms with E-state index in [1.807, 2.05) is 0 Å². The summed E-state index contributed by atoms with van der Waals surface area (Å²) in [6, 6.07) is 1.55. The number of anilines is 1. The highest BCUT2D eigenvalue weighted by atomic mass is 32.2. The quantitative estimate of drug-likeness (QED) is 0.921. The maximum atomic E-state index is 12.5. The largest absolute Gasteiger partial charge is 0.325 e. The first-order valence-electron chi connectivity index (χ1n) is 5.87. The zero-order valence-electron chi connectivity index (χ0n) is 10.8. The van der Waals surface area contributed by atoms with Crippen LogP contribution in [-0.4, -0.2) is 43.2 Å². The number of carbonyl (C=O) groups excluding carboxylic acids is 1. The fourth-order valence-corrected chi connectivity index (χ4v) is 5.94. The summed E-state index contributed by atoms with van der Waals surface area (Å²) < 4.78 is 26.7. The maximum Gasteiger partial charge on any atom is 0.252 e. The molecule has 1 amide bonds. The molecule has 106 valence electrons. The lowest BCUT2D eigenvalue weighted by Crippen LogP contribution is -2.37. The number of hydrogen-bond acceptors (Lipinski definition) is 5. The summed E-state index contributed by atoms with van der Waals surface area (Å²) >= 11 is 2.97. The molecule has 2 heterocycles. The number of nitrogens with one attached hydrogen (secondary N) is 1. The van der Waals surface area contributed by atoms with E-state index in [0.717, 1.165) is 16.4 Å². The van der Waals surface area contributed by atoms with Gasteiger partial charge in [-0.3, -0.25) is 4.79 Å². The summed E-state index contributed by atoms with van der Waals surface area (Å²) in [6.45, 7) is 4.33. The van der Waals surface area contributed by atoms with Gasteiger partial charge in [0, 0.05) is 36.4 Å². The second kappa shape index (κ2) is 5.82. The minimum Gasteiger partial charge on any atom is -0.325 e. The van der Waals surface area contributed by atoms with E-state index in [4.69, 9.17) is 0 Å².